The molecular weight excluding hydrogens is 681 g/mol. The van der Waals surface area contributed by atoms with E-state index in [0.29, 0.717) is 0 Å². The van der Waals surface area contributed by atoms with Crippen LogP contribution >= 0.6 is 0 Å². The summed E-state index contributed by atoms with van der Waals surface area (Å²) >= 11 is 0. The van der Waals surface area contributed by atoms with E-state index < -0.39 is 0 Å². The minimum Gasteiger partial charge on any atom is -0.311 e. The average Bonchev–Trinajstić information content (AvgIpc) is 3.62. The molecule has 0 saturated heterocycles. The van der Waals surface area contributed by atoms with Gasteiger partial charge in [-0.25, -0.2) is 9.97 Å². The Balaban J connectivity index is 1.01. The summed E-state index contributed by atoms with van der Waals surface area (Å²) in [5, 5.41) is 1.12. The van der Waals surface area contributed by atoms with Crippen molar-refractivity contribution in [2.24, 2.45) is 0 Å². The van der Waals surface area contributed by atoms with E-state index >= 15 is 0 Å². The molecule has 0 radical (unpaired) electrons. The van der Waals surface area contributed by atoms with Crippen LogP contribution in [-0.4, -0.2) is 14.5 Å². The molecule has 0 aliphatic carbocycles. The highest BCUT2D eigenvalue weighted by atomic mass is 15.1. The Morgan fingerprint density at radius 1 is 0.357 bits per heavy atom. The summed E-state index contributed by atoms with van der Waals surface area (Å²) in [7, 11) is 0. The predicted molar refractivity (Wildman–Crippen MR) is 233 cm³/mol. The van der Waals surface area contributed by atoms with E-state index in [9.17, 15) is 0 Å². The number of aromatic nitrogens is 3. The van der Waals surface area contributed by atoms with Crippen molar-refractivity contribution in [1.82, 2.24) is 14.5 Å². The standard InChI is InChI=1S/C52H36N4/c1-3-11-37(12-4-1)39-21-27-45(28-22-39)55(46-29-23-40(24-30-46)43-16-9-15-42(33-43)38-13-5-2-6-14-38)47-31-25-41(26-32-47)44-17-10-18-48(34-44)56-50-20-8-7-19-49(50)52-51(56)35-53-36-54-52/h1-36H. The highest BCUT2D eigenvalue weighted by Gasteiger charge is 2.16. The molecule has 10 rings (SSSR count). The summed E-state index contributed by atoms with van der Waals surface area (Å²) < 4.78 is 2.25. The van der Waals surface area contributed by atoms with Crippen molar-refractivity contribution in [1.29, 1.82) is 0 Å². The van der Waals surface area contributed by atoms with E-state index in [1.165, 1.54) is 33.4 Å². The monoisotopic (exact) mass is 716 g/mol. The zero-order valence-corrected chi connectivity index (χ0v) is 30.6. The molecule has 0 bridgehead atoms. The Bertz CT molecular complexity index is 2880. The van der Waals surface area contributed by atoms with Gasteiger partial charge in [-0.1, -0.05) is 146 Å². The van der Waals surface area contributed by atoms with Crippen molar-refractivity contribution in [2.45, 2.75) is 0 Å². The second-order valence-corrected chi connectivity index (χ2v) is 13.9. The maximum atomic E-state index is 4.63. The van der Waals surface area contributed by atoms with Gasteiger partial charge in [0.2, 0.25) is 0 Å². The fourth-order valence-corrected chi connectivity index (χ4v) is 7.79. The number of nitrogens with zero attached hydrogens (tertiary/aromatic N) is 4. The molecule has 56 heavy (non-hydrogen) atoms. The molecular formula is C52H36N4. The topological polar surface area (TPSA) is 34.0 Å². The van der Waals surface area contributed by atoms with Crippen LogP contribution in [0.15, 0.2) is 219 Å². The van der Waals surface area contributed by atoms with E-state index in [4.69, 9.17) is 0 Å². The number of hydrogen-bond donors (Lipinski definition) is 0. The van der Waals surface area contributed by atoms with Crippen LogP contribution in [0.5, 0.6) is 0 Å². The third-order valence-electron chi connectivity index (χ3n) is 10.6. The van der Waals surface area contributed by atoms with Crippen LogP contribution in [0.3, 0.4) is 0 Å². The Labute approximate surface area is 326 Å². The van der Waals surface area contributed by atoms with Crippen LogP contribution < -0.4 is 4.90 Å². The SMILES string of the molecule is c1ccc(-c2ccc(N(c3ccc(-c4cccc(-c5ccccc5)c4)cc3)c3ccc(-c4cccc(-n5c6ccccc6c6ncncc65)c4)cc3)cc2)cc1. The molecule has 0 spiro atoms. The number of hydrogen-bond acceptors (Lipinski definition) is 3. The molecule has 0 amide bonds. The van der Waals surface area contributed by atoms with E-state index in [2.05, 4.69) is 226 Å². The van der Waals surface area contributed by atoms with Crippen LogP contribution in [-0.2, 0) is 0 Å². The van der Waals surface area contributed by atoms with Gasteiger partial charge in [0.05, 0.1) is 22.7 Å². The molecule has 0 fully saturated rings. The van der Waals surface area contributed by atoms with Crippen LogP contribution in [0.25, 0.3) is 72.1 Å². The van der Waals surface area contributed by atoms with Gasteiger partial charge < -0.3 is 9.47 Å². The molecule has 0 saturated carbocycles. The van der Waals surface area contributed by atoms with E-state index in [0.717, 1.165) is 55.8 Å². The first-order valence-corrected chi connectivity index (χ1v) is 18.9. The van der Waals surface area contributed by atoms with Gasteiger partial charge in [-0.3, -0.25) is 0 Å². The number of anilines is 3. The Morgan fingerprint density at radius 3 is 1.39 bits per heavy atom. The van der Waals surface area contributed by atoms with E-state index in [-0.39, 0.29) is 0 Å². The van der Waals surface area contributed by atoms with Gasteiger partial charge in [0.25, 0.3) is 0 Å². The van der Waals surface area contributed by atoms with Gasteiger partial charge in [0.15, 0.2) is 0 Å². The molecule has 8 aromatic carbocycles. The molecule has 4 heteroatoms. The molecule has 10 aromatic rings. The van der Waals surface area contributed by atoms with Crippen molar-refractivity contribution in [2.75, 3.05) is 4.90 Å². The lowest BCUT2D eigenvalue weighted by molar-refractivity contribution is 1.14. The Morgan fingerprint density at radius 2 is 0.804 bits per heavy atom. The third kappa shape index (κ3) is 6.19. The summed E-state index contributed by atoms with van der Waals surface area (Å²) in [6.07, 6.45) is 3.52. The molecule has 2 heterocycles. The summed E-state index contributed by atoms with van der Waals surface area (Å²) in [4.78, 5) is 11.3. The molecule has 0 unspecified atom stereocenters. The van der Waals surface area contributed by atoms with Gasteiger partial charge in [-0.05, 0) is 105 Å². The van der Waals surface area contributed by atoms with Crippen LogP contribution in [0.2, 0.25) is 0 Å². The summed E-state index contributed by atoms with van der Waals surface area (Å²) in [6, 6.07) is 73.6. The maximum Gasteiger partial charge on any atom is 0.116 e. The first kappa shape index (κ1) is 33.0. The largest absolute Gasteiger partial charge is 0.311 e. The van der Waals surface area contributed by atoms with E-state index in [1.807, 2.05) is 6.20 Å². The van der Waals surface area contributed by atoms with Crippen molar-refractivity contribution in [3.05, 3.63) is 219 Å². The highest BCUT2D eigenvalue weighted by Crippen LogP contribution is 2.39. The molecule has 264 valence electrons. The van der Waals surface area contributed by atoms with Gasteiger partial charge in [0.1, 0.15) is 6.33 Å². The summed E-state index contributed by atoms with van der Waals surface area (Å²) in [5.41, 5.74) is 16.8. The lowest BCUT2D eigenvalue weighted by Crippen LogP contribution is -2.09. The van der Waals surface area contributed by atoms with Crippen molar-refractivity contribution < 1.29 is 0 Å². The second kappa shape index (κ2) is 14.3. The minimum absolute atomic E-state index is 0.955. The number of para-hydroxylation sites is 1. The normalized spacial score (nSPS) is 11.2. The van der Waals surface area contributed by atoms with Crippen molar-refractivity contribution in [3.63, 3.8) is 0 Å². The quantitative estimate of drug-likeness (QED) is 0.157. The van der Waals surface area contributed by atoms with Crippen molar-refractivity contribution >= 4 is 39.0 Å². The fraction of sp³-hybridized carbons (Fsp3) is 0. The lowest BCUT2D eigenvalue weighted by atomic mass is 9.98. The summed E-state index contributed by atoms with van der Waals surface area (Å²) in [5.74, 6) is 0. The number of benzene rings is 8. The maximum absolute atomic E-state index is 4.63. The zero-order valence-electron chi connectivity index (χ0n) is 30.6. The van der Waals surface area contributed by atoms with Gasteiger partial charge in [-0.2, -0.15) is 0 Å². The number of fused-ring (bicyclic) bond motifs is 3. The summed E-state index contributed by atoms with van der Waals surface area (Å²) in [6.45, 7) is 0. The van der Waals surface area contributed by atoms with Gasteiger partial charge in [-0.15, -0.1) is 0 Å². The predicted octanol–water partition coefficient (Wildman–Crippen LogP) is 13.7. The average molecular weight is 717 g/mol. The third-order valence-corrected chi connectivity index (χ3v) is 10.6. The first-order chi connectivity index (χ1) is 27.8. The first-order valence-electron chi connectivity index (χ1n) is 18.9. The molecule has 4 nitrogen and oxygen atoms in total. The Kier molecular flexibility index (Phi) is 8.47. The van der Waals surface area contributed by atoms with Crippen LogP contribution in [0.4, 0.5) is 17.1 Å². The smallest absolute Gasteiger partial charge is 0.116 e. The molecule has 0 aliphatic heterocycles. The molecule has 0 atom stereocenters. The van der Waals surface area contributed by atoms with Crippen LogP contribution in [0, 0.1) is 0 Å². The number of rotatable bonds is 8. The fourth-order valence-electron chi connectivity index (χ4n) is 7.79. The van der Waals surface area contributed by atoms with Gasteiger partial charge >= 0.3 is 0 Å². The lowest BCUT2D eigenvalue weighted by Gasteiger charge is -2.26. The highest BCUT2D eigenvalue weighted by molar-refractivity contribution is 6.06. The van der Waals surface area contributed by atoms with E-state index in [1.54, 1.807) is 6.33 Å². The second-order valence-electron chi connectivity index (χ2n) is 13.9. The molecule has 0 N–H and O–H groups in total. The Hall–Kier alpha value is -7.56. The zero-order chi connectivity index (χ0) is 37.3. The van der Waals surface area contributed by atoms with Crippen LogP contribution in [0.1, 0.15) is 0 Å². The molecule has 0 aliphatic rings. The van der Waals surface area contributed by atoms with Gasteiger partial charge in [0, 0.05) is 28.1 Å². The van der Waals surface area contributed by atoms with Crippen molar-refractivity contribution in [3.8, 4) is 50.2 Å². The molecule has 2 aromatic heterocycles. The minimum atomic E-state index is 0.955.